The lowest BCUT2D eigenvalue weighted by Gasteiger charge is -1.95. The summed E-state index contributed by atoms with van der Waals surface area (Å²) in [5.74, 6) is 0. The number of thioether (sulfide) groups is 1. The van der Waals surface area contributed by atoms with E-state index < -0.39 is 0 Å². The molecule has 0 fully saturated rings. The topological polar surface area (TPSA) is 0 Å². The van der Waals surface area contributed by atoms with Crippen molar-refractivity contribution >= 4 is 11.8 Å². The molecule has 0 saturated heterocycles. The van der Waals surface area contributed by atoms with E-state index in [1.54, 1.807) is 11.8 Å². The number of halogens is 1. The molecule has 0 aliphatic heterocycles. The highest BCUT2D eigenvalue weighted by atomic mass is 32.2. The highest BCUT2D eigenvalue weighted by Gasteiger charge is 1.90. The van der Waals surface area contributed by atoms with Crippen molar-refractivity contribution in [3.8, 4) is 0 Å². The molecule has 0 bridgehead atoms. The SMILES string of the molecule is CSc1ccc(CF)cc1. The molecule has 0 unspecified atom stereocenters. The van der Waals surface area contributed by atoms with E-state index in [-0.39, 0.29) is 6.67 Å². The third-order valence-corrected chi connectivity index (χ3v) is 2.06. The van der Waals surface area contributed by atoms with Gasteiger partial charge in [-0.15, -0.1) is 11.8 Å². The Kier molecular flexibility index (Phi) is 2.75. The van der Waals surface area contributed by atoms with Crippen LogP contribution in [-0.4, -0.2) is 6.26 Å². The Morgan fingerprint density at radius 2 is 1.90 bits per heavy atom. The van der Waals surface area contributed by atoms with E-state index in [0.29, 0.717) is 0 Å². The first-order valence-corrected chi connectivity index (χ1v) is 4.28. The van der Waals surface area contributed by atoms with E-state index in [1.165, 1.54) is 4.90 Å². The molecule has 10 heavy (non-hydrogen) atoms. The summed E-state index contributed by atoms with van der Waals surface area (Å²) in [5, 5.41) is 0. The normalized spacial score (nSPS) is 9.80. The average Bonchev–Trinajstić information content (AvgIpc) is 2.05. The Hall–Kier alpha value is -0.500. The second-order valence-corrected chi connectivity index (χ2v) is 2.86. The van der Waals surface area contributed by atoms with Crippen LogP contribution in [0.15, 0.2) is 29.2 Å². The van der Waals surface area contributed by atoms with Gasteiger partial charge in [-0.05, 0) is 24.0 Å². The van der Waals surface area contributed by atoms with Crippen molar-refractivity contribution in [2.45, 2.75) is 11.6 Å². The average molecular weight is 156 g/mol. The molecule has 0 aliphatic carbocycles. The second kappa shape index (κ2) is 3.62. The van der Waals surface area contributed by atoms with Crippen LogP contribution in [0.25, 0.3) is 0 Å². The smallest absolute Gasteiger partial charge is 0.115 e. The highest BCUT2D eigenvalue weighted by Crippen LogP contribution is 2.14. The van der Waals surface area contributed by atoms with Crippen molar-refractivity contribution in [1.82, 2.24) is 0 Å². The summed E-state index contributed by atoms with van der Waals surface area (Å²) in [6.45, 7) is -0.366. The molecule has 0 spiro atoms. The first kappa shape index (κ1) is 7.61. The molecule has 0 N–H and O–H groups in total. The van der Waals surface area contributed by atoms with Gasteiger partial charge in [-0.3, -0.25) is 0 Å². The Bertz CT molecular complexity index is 170. The van der Waals surface area contributed by atoms with E-state index in [0.717, 1.165) is 5.56 Å². The lowest BCUT2D eigenvalue weighted by atomic mass is 10.2. The van der Waals surface area contributed by atoms with Crippen LogP contribution >= 0.6 is 11.8 Å². The molecule has 0 atom stereocenters. The minimum atomic E-state index is -0.366. The van der Waals surface area contributed by atoms with Gasteiger partial charge in [-0.25, -0.2) is 4.39 Å². The molecule has 0 radical (unpaired) electrons. The Morgan fingerprint density at radius 1 is 1.30 bits per heavy atom. The van der Waals surface area contributed by atoms with Crippen LogP contribution in [0.2, 0.25) is 0 Å². The number of alkyl halides is 1. The van der Waals surface area contributed by atoms with Crippen molar-refractivity contribution in [3.05, 3.63) is 29.8 Å². The van der Waals surface area contributed by atoms with Crippen molar-refractivity contribution < 1.29 is 4.39 Å². The van der Waals surface area contributed by atoms with Crippen molar-refractivity contribution in [2.24, 2.45) is 0 Å². The summed E-state index contributed by atoms with van der Waals surface area (Å²) in [5.41, 5.74) is 0.748. The van der Waals surface area contributed by atoms with E-state index in [1.807, 2.05) is 30.5 Å². The molecule has 1 aromatic carbocycles. The van der Waals surface area contributed by atoms with Gasteiger partial charge in [0.15, 0.2) is 0 Å². The van der Waals surface area contributed by atoms with Gasteiger partial charge in [0.2, 0.25) is 0 Å². The van der Waals surface area contributed by atoms with Gasteiger partial charge >= 0.3 is 0 Å². The number of rotatable bonds is 2. The second-order valence-electron chi connectivity index (χ2n) is 1.98. The van der Waals surface area contributed by atoms with Gasteiger partial charge < -0.3 is 0 Å². The maximum Gasteiger partial charge on any atom is 0.115 e. The van der Waals surface area contributed by atoms with Gasteiger partial charge in [-0.2, -0.15) is 0 Å². The molecule has 54 valence electrons. The summed E-state index contributed by atoms with van der Waals surface area (Å²) in [6, 6.07) is 7.48. The van der Waals surface area contributed by atoms with Crippen LogP contribution in [-0.2, 0) is 6.67 Å². The quantitative estimate of drug-likeness (QED) is 0.593. The molecule has 1 aromatic rings. The molecule has 0 heterocycles. The summed E-state index contributed by atoms with van der Waals surface area (Å²) in [6.07, 6.45) is 2.00. The monoisotopic (exact) mass is 156 g/mol. The standard InChI is InChI=1S/C8H9FS/c1-10-8-4-2-7(6-9)3-5-8/h2-5H,6H2,1H3. The van der Waals surface area contributed by atoms with Crippen LogP contribution < -0.4 is 0 Å². The van der Waals surface area contributed by atoms with Crippen molar-refractivity contribution in [1.29, 1.82) is 0 Å². The molecule has 0 aliphatic rings. The summed E-state index contributed by atoms with van der Waals surface area (Å²) in [7, 11) is 0. The molecule has 2 heteroatoms. The van der Waals surface area contributed by atoms with Gasteiger partial charge in [-0.1, -0.05) is 12.1 Å². The fraction of sp³-hybridized carbons (Fsp3) is 0.250. The highest BCUT2D eigenvalue weighted by molar-refractivity contribution is 7.98. The van der Waals surface area contributed by atoms with E-state index in [4.69, 9.17) is 0 Å². The first-order valence-electron chi connectivity index (χ1n) is 3.05. The minimum Gasteiger partial charge on any atom is -0.246 e. The fourth-order valence-electron chi connectivity index (χ4n) is 0.715. The number of benzene rings is 1. The largest absolute Gasteiger partial charge is 0.246 e. The zero-order valence-electron chi connectivity index (χ0n) is 5.80. The predicted molar refractivity (Wildman–Crippen MR) is 43.0 cm³/mol. The van der Waals surface area contributed by atoms with Crippen molar-refractivity contribution in [3.63, 3.8) is 0 Å². The lowest BCUT2D eigenvalue weighted by Crippen LogP contribution is -1.76. The number of hydrogen-bond donors (Lipinski definition) is 0. The lowest BCUT2D eigenvalue weighted by molar-refractivity contribution is 0.485. The molecule has 0 aromatic heterocycles. The van der Waals surface area contributed by atoms with Crippen LogP contribution in [0.4, 0.5) is 4.39 Å². The zero-order valence-corrected chi connectivity index (χ0v) is 6.62. The zero-order chi connectivity index (χ0) is 7.40. The van der Waals surface area contributed by atoms with E-state index in [9.17, 15) is 4.39 Å². The Balaban J connectivity index is 2.80. The maximum atomic E-state index is 12.0. The van der Waals surface area contributed by atoms with E-state index in [2.05, 4.69) is 0 Å². The van der Waals surface area contributed by atoms with Gasteiger partial charge in [0.25, 0.3) is 0 Å². The molecule has 0 nitrogen and oxygen atoms in total. The van der Waals surface area contributed by atoms with Crippen molar-refractivity contribution in [2.75, 3.05) is 6.26 Å². The van der Waals surface area contributed by atoms with E-state index >= 15 is 0 Å². The van der Waals surface area contributed by atoms with Gasteiger partial charge in [0.05, 0.1) is 0 Å². The van der Waals surface area contributed by atoms with Crippen LogP contribution in [0.1, 0.15) is 5.56 Å². The van der Waals surface area contributed by atoms with Gasteiger partial charge in [0.1, 0.15) is 6.67 Å². The third-order valence-electron chi connectivity index (χ3n) is 1.31. The van der Waals surface area contributed by atoms with Crippen LogP contribution in [0.5, 0.6) is 0 Å². The summed E-state index contributed by atoms with van der Waals surface area (Å²) >= 11 is 1.67. The molecular weight excluding hydrogens is 147 g/mol. The molecule has 0 saturated carbocycles. The molecule has 0 amide bonds. The summed E-state index contributed by atoms with van der Waals surface area (Å²) in [4.78, 5) is 1.18. The molecular formula is C8H9FS. The first-order chi connectivity index (χ1) is 4.86. The minimum absolute atomic E-state index is 0.366. The fourth-order valence-corrected chi connectivity index (χ4v) is 1.12. The maximum absolute atomic E-state index is 12.0. The Morgan fingerprint density at radius 3 is 2.30 bits per heavy atom. The predicted octanol–water partition coefficient (Wildman–Crippen LogP) is 2.88. The number of hydrogen-bond acceptors (Lipinski definition) is 1. The third kappa shape index (κ3) is 1.74. The Labute approximate surface area is 64.4 Å². The van der Waals surface area contributed by atoms with Gasteiger partial charge in [0, 0.05) is 4.90 Å². The molecule has 1 rings (SSSR count). The van der Waals surface area contributed by atoms with Crippen LogP contribution in [0.3, 0.4) is 0 Å². The van der Waals surface area contributed by atoms with Crippen LogP contribution in [0, 0.1) is 0 Å². The summed E-state index contributed by atoms with van der Waals surface area (Å²) < 4.78 is 12.0.